The molecule has 0 aromatic rings. The van der Waals surface area contributed by atoms with Crippen LogP contribution in [-0.4, -0.2) is 13.2 Å². The molecule has 0 aromatic carbocycles. The first kappa shape index (κ1) is 105. The van der Waals surface area contributed by atoms with E-state index in [-0.39, 0.29) is 0 Å². The number of hydrogen-bond donors (Lipinski definition) is 1. The van der Waals surface area contributed by atoms with Crippen molar-refractivity contribution in [2.24, 2.45) is 0 Å². The molecule has 1 unspecified atom stereocenters. The highest BCUT2D eigenvalue weighted by Crippen LogP contribution is 2.27. The van der Waals surface area contributed by atoms with E-state index in [1.807, 2.05) is 0 Å². The van der Waals surface area contributed by atoms with Crippen molar-refractivity contribution < 1.29 is 9.05 Å². The lowest BCUT2D eigenvalue weighted by molar-refractivity contribution is 0.245. The smallest absolute Gasteiger partial charge is 0.135 e. The third-order valence-electron chi connectivity index (χ3n) is 24.7. The highest BCUT2D eigenvalue weighted by molar-refractivity contribution is 7.34. The second-order valence-electron chi connectivity index (χ2n) is 35.5. The summed E-state index contributed by atoms with van der Waals surface area (Å²) in [5.74, 6) is 0. The first-order chi connectivity index (χ1) is 52.3. The normalized spacial score (nSPS) is 12.0. The average molecular weight is 1500 g/mol. The van der Waals surface area contributed by atoms with E-state index in [4.69, 9.17) is 14.2 Å². The van der Waals surface area contributed by atoms with Crippen LogP contribution in [0.4, 0.5) is 0 Å². The molecule has 0 saturated heterocycles. The molecule has 0 bridgehead atoms. The van der Waals surface area contributed by atoms with Crippen LogP contribution in [0, 0.1) is 5.16 Å². The zero-order chi connectivity index (χ0) is 75.0. The van der Waals surface area contributed by atoms with Crippen LogP contribution in [0.25, 0.3) is 0 Å². The second kappa shape index (κ2) is 102. The maximum atomic E-state index is 8.17. The van der Waals surface area contributed by atoms with Crippen molar-refractivity contribution in [1.29, 1.82) is 5.16 Å². The van der Waals surface area contributed by atoms with E-state index in [1.54, 1.807) is 0 Å². The van der Waals surface area contributed by atoms with Crippen molar-refractivity contribution in [1.82, 2.24) is 0 Å². The van der Waals surface area contributed by atoms with Crippen molar-refractivity contribution in [3.8, 4) is 0 Å². The number of hydrogen-bond acceptors (Lipinski definition) is 3. The molecule has 0 rings (SSSR count). The van der Waals surface area contributed by atoms with E-state index >= 15 is 0 Å². The number of nitrogens with one attached hydrogen (secondary N) is 1. The summed E-state index contributed by atoms with van der Waals surface area (Å²) in [4.78, 5) is 0. The Hall–Kier alpha value is 0.0200. The van der Waals surface area contributed by atoms with Gasteiger partial charge in [-0.1, -0.05) is 629 Å². The number of unbranched alkanes of at least 4 members (excludes halogenated alkanes) is 95. The predicted molar refractivity (Wildman–Crippen MR) is 481 cm³/mol. The maximum absolute atomic E-state index is 8.17. The summed E-state index contributed by atoms with van der Waals surface area (Å²) in [6.45, 7) is 6.04. The zero-order valence-electron chi connectivity index (χ0n) is 73.8. The molecule has 105 heavy (non-hydrogen) atoms. The van der Waals surface area contributed by atoms with Gasteiger partial charge in [-0.2, -0.15) is 0 Å². The van der Waals surface area contributed by atoms with Gasteiger partial charge in [-0.25, -0.2) is 0 Å². The Balaban J connectivity index is 3.14. The fraction of sp³-hybridized carbons (Fsp3) is 1.00. The first-order valence-corrected chi connectivity index (χ1v) is 52.3. The fourth-order valence-corrected chi connectivity index (χ4v) is 17.8. The average Bonchev–Trinajstić information content (AvgIpc) is 3.87. The largest absolute Gasteiger partial charge is 0.556 e. The van der Waals surface area contributed by atoms with Crippen LogP contribution in [0.3, 0.4) is 0 Å². The van der Waals surface area contributed by atoms with Crippen LogP contribution in [-0.2, 0) is 9.05 Å². The Morgan fingerprint density at radius 1 is 0.114 bits per heavy atom. The third-order valence-corrected chi connectivity index (χ3v) is 25.5. The molecule has 0 aliphatic rings. The summed E-state index contributed by atoms with van der Waals surface area (Å²) in [6.07, 6.45) is 141. The standard InChI is InChI=1S/C101H205NO2P/c1-3-5-7-9-11-13-15-17-19-21-23-25-27-29-31-33-35-37-39-41-43-45-47-49-51-53-55-57-59-61-63-65-67-69-71-73-75-77-79-81-83-85-87-89-91-93-95-97-99-101-104-105(102)103-100-98-96-94-92-90-88-86-84-82-80-78-76-74-72-70-68-66-64-62-60-58-56-54-52-50-48-46-44-42-40-38-36-34-32-30-28-26-24-22-20-18-16-14-12-10-8-6-4-2/h102H,3-101H2,1-2H3/q+1. The van der Waals surface area contributed by atoms with Crippen molar-refractivity contribution >= 4 is 8.17 Å². The Kier molecular flexibility index (Phi) is 102. The molecular weight excluding hydrogens is 1290 g/mol. The second-order valence-corrected chi connectivity index (χ2v) is 36.5. The molecule has 0 fully saturated rings. The molecule has 630 valence electrons. The van der Waals surface area contributed by atoms with Crippen LogP contribution < -0.4 is 0 Å². The van der Waals surface area contributed by atoms with E-state index in [0.717, 1.165) is 12.8 Å². The molecule has 0 radical (unpaired) electrons. The Bertz CT molecular complexity index is 1460. The predicted octanol–water partition coefficient (Wildman–Crippen LogP) is 40.0. The van der Waals surface area contributed by atoms with Gasteiger partial charge in [0.05, 0.1) is 0 Å². The van der Waals surface area contributed by atoms with E-state index in [0.29, 0.717) is 13.2 Å². The van der Waals surface area contributed by atoms with Gasteiger partial charge in [0.25, 0.3) is 0 Å². The summed E-state index contributed by atoms with van der Waals surface area (Å²) < 4.78 is 11.4. The Labute approximate surface area is 668 Å². The van der Waals surface area contributed by atoms with Crippen LogP contribution in [0.15, 0.2) is 0 Å². The molecule has 0 aliphatic heterocycles. The van der Waals surface area contributed by atoms with Gasteiger partial charge in [-0.3, -0.25) is 0 Å². The van der Waals surface area contributed by atoms with Gasteiger partial charge in [0.2, 0.25) is 0 Å². The SMILES string of the molecule is CCCCCCCCCCCCCCCCCCCCCCCCCCCCCCCCCCCCCCCCCCCCCCCCCCCO[P+](=N)OCCCCCCCCCCCCCCCCCCCCCCCCCCCCCCCCCCCCCCCCCCCCCCCCCC. The van der Waals surface area contributed by atoms with Crippen molar-refractivity contribution in [3.05, 3.63) is 0 Å². The summed E-state index contributed by atoms with van der Waals surface area (Å²) in [5.41, 5.74) is 0. The van der Waals surface area contributed by atoms with Gasteiger partial charge >= 0.3 is 8.17 Å². The molecule has 0 aliphatic carbocycles. The molecule has 0 heterocycles. The lowest BCUT2D eigenvalue weighted by atomic mass is 10.0. The quantitative estimate of drug-likeness (QED) is 0.0487. The van der Waals surface area contributed by atoms with Crippen molar-refractivity contribution in [3.63, 3.8) is 0 Å². The molecular formula is C101H205NO2P+. The molecule has 0 saturated carbocycles. The highest BCUT2D eigenvalue weighted by atomic mass is 31.1. The van der Waals surface area contributed by atoms with Crippen LogP contribution >= 0.6 is 8.17 Å². The van der Waals surface area contributed by atoms with Crippen LogP contribution in [0.2, 0.25) is 0 Å². The van der Waals surface area contributed by atoms with E-state index in [9.17, 15) is 0 Å². The van der Waals surface area contributed by atoms with Gasteiger partial charge in [-0.15, -0.1) is 9.05 Å². The van der Waals surface area contributed by atoms with Crippen LogP contribution in [0.1, 0.15) is 637 Å². The molecule has 0 spiro atoms. The fourth-order valence-electron chi connectivity index (χ4n) is 17.1. The van der Waals surface area contributed by atoms with E-state index < -0.39 is 8.17 Å². The molecule has 1 N–H and O–H groups in total. The minimum Gasteiger partial charge on any atom is -0.135 e. The third kappa shape index (κ3) is 102. The van der Waals surface area contributed by atoms with E-state index in [2.05, 4.69) is 13.8 Å². The molecule has 0 aromatic heterocycles. The molecule has 4 heteroatoms. The highest BCUT2D eigenvalue weighted by Gasteiger charge is 2.13. The topological polar surface area (TPSA) is 42.3 Å². The Morgan fingerprint density at radius 3 is 0.257 bits per heavy atom. The lowest BCUT2D eigenvalue weighted by Crippen LogP contribution is -1.92. The minimum absolute atomic E-state index is 0.703. The number of rotatable bonds is 101. The van der Waals surface area contributed by atoms with Gasteiger partial charge in [0.15, 0.2) is 0 Å². The minimum atomic E-state index is -1.44. The van der Waals surface area contributed by atoms with Gasteiger partial charge in [0, 0.05) is 0 Å². The molecule has 1 atom stereocenters. The van der Waals surface area contributed by atoms with E-state index in [1.165, 1.54) is 610 Å². The monoisotopic (exact) mass is 1500 g/mol. The van der Waals surface area contributed by atoms with Gasteiger partial charge in [-0.05, 0) is 12.8 Å². The van der Waals surface area contributed by atoms with Crippen LogP contribution in [0.5, 0.6) is 0 Å². The van der Waals surface area contributed by atoms with Crippen molar-refractivity contribution in [2.75, 3.05) is 13.2 Å². The zero-order valence-corrected chi connectivity index (χ0v) is 74.7. The van der Waals surface area contributed by atoms with Crippen molar-refractivity contribution in [2.45, 2.75) is 637 Å². The first-order valence-electron chi connectivity index (χ1n) is 51.1. The van der Waals surface area contributed by atoms with Gasteiger partial charge < -0.3 is 0 Å². The summed E-state index contributed by atoms with van der Waals surface area (Å²) in [7, 11) is -1.44. The summed E-state index contributed by atoms with van der Waals surface area (Å²) in [6, 6.07) is 0. The summed E-state index contributed by atoms with van der Waals surface area (Å²) >= 11 is 0. The summed E-state index contributed by atoms with van der Waals surface area (Å²) in [5, 5.41) is 8.17. The Morgan fingerprint density at radius 2 is 0.181 bits per heavy atom. The lowest BCUT2D eigenvalue weighted by Gasteiger charge is -2.05. The van der Waals surface area contributed by atoms with Gasteiger partial charge in [0.1, 0.15) is 13.2 Å². The molecule has 3 nitrogen and oxygen atoms in total. The molecule has 0 amide bonds. The maximum Gasteiger partial charge on any atom is 0.556 e.